The van der Waals surface area contributed by atoms with Gasteiger partial charge in [-0.25, -0.2) is 0 Å². The Hall–Kier alpha value is -1.87. The molecule has 0 amide bonds. The number of para-hydroxylation sites is 1. The van der Waals surface area contributed by atoms with E-state index in [2.05, 4.69) is 12.2 Å². The van der Waals surface area contributed by atoms with Crippen molar-refractivity contribution >= 4 is 17.3 Å². The number of phenols is 1. The molecule has 2 rings (SSSR count). The molecule has 112 valence electrons. The van der Waals surface area contributed by atoms with Gasteiger partial charge < -0.3 is 15.2 Å². The van der Waals surface area contributed by atoms with E-state index in [-0.39, 0.29) is 11.8 Å². The molecule has 1 unspecified atom stereocenters. The SMILES string of the molecule is CCOc1ccc(Cl)cc1NC(CC)c1ccccc1O. The van der Waals surface area contributed by atoms with Crippen molar-refractivity contribution < 1.29 is 9.84 Å². The number of nitrogens with one attached hydrogen (secondary N) is 1. The van der Waals surface area contributed by atoms with Gasteiger partial charge in [0.05, 0.1) is 18.3 Å². The highest BCUT2D eigenvalue weighted by molar-refractivity contribution is 6.30. The monoisotopic (exact) mass is 305 g/mol. The molecule has 2 aromatic carbocycles. The smallest absolute Gasteiger partial charge is 0.142 e. The second-order valence-electron chi connectivity index (χ2n) is 4.74. The average molecular weight is 306 g/mol. The third-order valence-corrected chi connectivity index (χ3v) is 3.53. The van der Waals surface area contributed by atoms with Crippen molar-refractivity contribution in [3.8, 4) is 11.5 Å². The highest BCUT2D eigenvalue weighted by Gasteiger charge is 2.15. The van der Waals surface area contributed by atoms with Gasteiger partial charge in [0, 0.05) is 10.6 Å². The number of hydrogen-bond donors (Lipinski definition) is 2. The summed E-state index contributed by atoms with van der Waals surface area (Å²) in [6.07, 6.45) is 0.829. The summed E-state index contributed by atoms with van der Waals surface area (Å²) in [7, 11) is 0. The predicted molar refractivity (Wildman–Crippen MR) is 87.4 cm³/mol. The van der Waals surface area contributed by atoms with Gasteiger partial charge in [-0.2, -0.15) is 0 Å². The molecule has 0 saturated carbocycles. The lowest BCUT2D eigenvalue weighted by atomic mass is 10.0. The third kappa shape index (κ3) is 3.82. The van der Waals surface area contributed by atoms with Crippen LogP contribution in [0, 0.1) is 0 Å². The molecule has 0 aliphatic rings. The highest BCUT2D eigenvalue weighted by atomic mass is 35.5. The van der Waals surface area contributed by atoms with Crippen molar-refractivity contribution in [1.82, 2.24) is 0 Å². The molecule has 0 heterocycles. The second-order valence-corrected chi connectivity index (χ2v) is 5.17. The summed E-state index contributed by atoms with van der Waals surface area (Å²) in [5.74, 6) is 1.05. The van der Waals surface area contributed by atoms with E-state index in [0.29, 0.717) is 11.6 Å². The van der Waals surface area contributed by atoms with Crippen LogP contribution < -0.4 is 10.1 Å². The number of ether oxygens (including phenoxy) is 1. The van der Waals surface area contributed by atoms with E-state index in [0.717, 1.165) is 23.4 Å². The fraction of sp³-hybridized carbons (Fsp3) is 0.294. The van der Waals surface area contributed by atoms with Gasteiger partial charge in [-0.3, -0.25) is 0 Å². The number of aromatic hydroxyl groups is 1. The molecule has 4 heteroatoms. The topological polar surface area (TPSA) is 41.5 Å². The number of rotatable bonds is 6. The quantitative estimate of drug-likeness (QED) is 0.788. The lowest BCUT2D eigenvalue weighted by Gasteiger charge is -2.21. The van der Waals surface area contributed by atoms with Gasteiger partial charge in [-0.15, -0.1) is 0 Å². The predicted octanol–water partition coefficient (Wildman–Crippen LogP) is 5.01. The van der Waals surface area contributed by atoms with Gasteiger partial charge in [0.15, 0.2) is 0 Å². The van der Waals surface area contributed by atoms with Crippen LogP contribution in [0.2, 0.25) is 5.02 Å². The van der Waals surface area contributed by atoms with Crippen LogP contribution in [0.5, 0.6) is 11.5 Å². The fourth-order valence-electron chi connectivity index (χ4n) is 2.27. The molecule has 0 fully saturated rings. The van der Waals surface area contributed by atoms with Crippen molar-refractivity contribution in [2.24, 2.45) is 0 Å². The molecular weight excluding hydrogens is 286 g/mol. The average Bonchev–Trinajstić information content (AvgIpc) is 2.48. The molecule has 3 nitrogen and oxygen atoms in total. The fourth-order valence-corrected chi connectivity index (χ4v) is 2.44. The van der Waals surface area contributed by atoms with Gasteiger partial charge in [0.25, 0.3) is 0 Å². The Labute approximate surface area is 130 Å². The maximum atomic E-state index is 10.0. The van der Waals surface area contributed by atoms with E-state index in [4.69, 9.17) is 16.3 Å². The zero-order valence-electron chi connectivity index (χ0n) is 12.3. The van der Waals surface area contributed by atoms with E-state index < -0.39 is 0 Å². The van der Waals surface area contributed by atoms with E-state index in [9.17, 15) is 5.11 Å². The first-order valence-electron chi connectivity index (χ1n) is 7.12. The number of anilines is 1. The van der Waals surface area contributed by atoms with E-state index in [1.165, 1.54) is 0 Å². The molecule has 0 aromatic heterocycles. The van der Waals surface area contributed by atoms with Crippen LogP contribution in [0.25, 0.3) is 0 Å². The summed E-state index contributed by atoms with van der Waals surface area (Å²) in [4.78, 5) is 0. The summed E-state index contributed by atoms with van der Waals surface area (Å²) in [5, 5.41) is 14.1. The molecule has 1 atom stereocenters. The molecule has 2 aromatic rings. The Bertz CT molecular complexity index is 601. The van der Waals surface area contributed by atoms with E-state index in [1.807, 2.05) is 37.3 Å². The van der Waals surface area contributed by atoms with E-state index in [1.54, 1.807) is 12.1 Å². The normalized spacial score (nSPS) is 12.0. The summed E-state index contributed by atoms with van der Waals surface area (Å²) < 4.78 is 5.62. The third-order valence-electron chi connectivity index (χ3n) is 3.29. The molecule has 0 spiro atoms. The van der Waals surface area contributed by atoms with Gasteiger partial charge in [-0.05, 0) is 37.6 Å². The van der Waals surface area contributed by atoms with Crippen molar-refractivity contribution in [3.05, 3.63) is 53.1 Å². The number of phenolic OH excluding ortho intramolecular Hbond substituents is 1. The first kappa shape index (κ1) is 15.5. The minimum absolute atomic E-state index is 0.0103. The lowest BCUT2D eigenvalue weighted by molar-refractivity contribution is 0.341. The van der Waals surface area contributed by atoms with Crippen LogP contribution in [-0.4, -0.2) is 11.7 Å². The zero-order chi connectivity index (χ0) is 15.2. The Kier molecular flexibility index (Phi) is 5.34. The zero-order valence-corrected chi connectivity index (χ0v) is 13.0. The molecule has 21 heavy (non-hydrogen) atoms. The van der Waals surface area contributed by atoms with Crippen LogP contribution >= 0.6 is 11.6 Å². The van der Waals surface area contributed by atoms with Crippen LogP contribution in [0.4, 0.5) is 5.69 Å². The maximum Gasteiger partial charge on any atom is 0.142 e. The second kappa shape index (κ2) is 7.23. The molecule has 0 aliphatic carbocycles. The molecule has 0 bridgehead atoms. The molecule has 2 N–H and O–H groups in total. The number of halogens is 1. The Morgan fingerprint density at radius 1 is 1.19 bits per heavy atom. The van der Waals surface area contributed by atoms with Gasteiger partial charge in [0.1, 0.15) is 11.5 Å². The largest absolute Gasteiger partial charge is 0.508 e. The van der Waals surface area contributed by atoms with Gasteiger partial charge in [0.2, 0.25) is 0 Å². The molecule has 0 aliphatic heterocycles. The van der Waals surface area contributed by atoms with Crippen molar-refractivity contribution in [2.75, 3.05) is 11.9 Å². The van der Waals surface area contributed by atoms with Crippen LogP contribution in [0.15, 0.2) is 42.5 Å². The maximum absolute atomic E-state index is 10.0. The summed E-state index contributed by atoms with van der Waals surface area (Å²) in [5.41, 5.74) is 1.70. The standard InChI is InChI=1S/C17H20ClNO2/c1-3-14(13-7-5-6-8-16(13)20)19-15-11-12(18)9-10-17(15)21-4-2/h5-11,14,19-20H,3-4H2,1-2H3. The minimum atomic E-state index is -0.0103. The molecule has 0 saturated heterocycles. The van der Waals surface area contributed by atoms with E-state index >= 15 is 0 Å². The van der Waals surface area contributed by atoms with Crippen LogP contribution in [0.3, 0.4) is 0 Å². The molecule has 0 radical (unpaired) electrons. The van der Waals surface area contributed by atoms with Gasteiger partial charge >= 0.3 is 0 Å². The van der Waals surface area contributed by atoms with Crippen molar-refractivity contribution in [2.45, 2.75) is 26.3 Å². The van der Waals surface area contributed by atoms with Crippen molar-refractivity contribution in [3.63, 3.8) is 0 Å². The number of benzene rings is 2. The van der Waals surface area contributed by atoms with Crippen molar-refractivity contribution in [1.29, 1.82) is 0 Å². The minimum Gasteiger partial charge on any atom is -0.508 e. The lowest BCUT2D eigenvalue weighted by Crippen LogP contribution is -2.11. The van der Waals surface area contributed by atoms with Crippen LogP contribution in [-0.2, 0) is 0 Å². The first-order chi connectivity index (χ1) is 10.2. The van der Waals surface area contributed by atoms with Crippen LogP contribution in [0.1, 0.15) is 31.9 Å². The Morgan fingerprint density at radius 3 is 2.62 bits per heavy atom. The number of hydrogen-bond acceptors (Lipinski definition) is 3. The highest BCUT2D eigenvalue weighted by Crippen LogP contribution is 2.34. The molecular formula is C17H20ClNO2. The summed E-state index contributed by atoms with van der Waals surface area (Å²) in [6.45, 7) is 4.59. The Balaban J connectivity index is 2.30. The summed E-state index contributed by atoms with van der Waals surface area (Å²) in [6, 6.07) is 12.8. The summed E-state index contributed by atoms with van der Waals surface area (Å²) >= 11 is 6.08. The Morgan fingerprint density at radius 2 is 1.95 bits per heavy atom. The first-order valence-corrected chi connectivity index (χ1v) is 7.50. The van der Waals surface area contributed by atoms with Gasteiger partial charge in [-0.1, -0.05) is 36.7 Å².